The molecule has 118 valence electrons. The first kappa shape index (κ1) is 16.2. The highest BCUT2D eigenvalue weighted by molar-refractivity contribution is 6.28. The zero-order valence-electron chi connectivity index (χ0n) is 12.6. The van der Waals surface area contributed by atoms with Gasteiger partial charge in [-0.05, 0) is 32.4 Å². The van der Waals surface area contributed by atoms with E-state index < -0.39 is 0 Å². The van der Waals surface area contributed by atoms with Crippen LogP contribution in [-0.2, 0) is 9.47 Å². The van der Waals surface area contributed by atoms with Crippen LogP contribution in [0.2, 0.25) is 5.28 Å². The number of hydrogen-bond acceptors (Lipinski definition) is 7. The molecule has 0 aromatic carbocycles. The van der Waals surface area contributed by atoms with Crippen molar-refractivity contribution in [1.82, 2.24) is 15.0 Å². The minimum Gasteiger partial charge on any atom is -0.461 e. The number of nitrogens with zero attached hydrogens (tertiary/aromatic N) is 4. The van der Waals surface area contributed by atoms with E-state index in [9.17, 15) is 0 Å². The Hall–Kier alpha value is -1.18. The van der Waals surface area contributed by atoms with Crippen LogP contribution in [-0.4, -0.2) is 60.1 Å². The Bertz CT molecular complexity index is 461. The van der Waals surface area contributed by atoms with Gasteiger partial charge in [0.2, 0.25) is 11.2 Å². The summed E-state index contributed by atoms with van der Waals surface area (Å²) in [5, 5.41) is 0.123. The molecule has 21 heavy (non-hydrogen) atoms. The molecule has 1 fully saturated rings. The van der Waals surface area contributed by atoms with Gasteiger partial charge in [-0.3, -0.25) is 0 Å². The fourth-order valence-electron chi connectivity index (χ4n) is 1.77. The molecule has 0 N–H and O–H groups in total. The van der Waals surface area contributed by atoms with Gasteiger partial charge in [-0.2, -0.15) is 15.0 Å². The topological polar surface area (TPSA) is 69.6 Å². The summed E-state index contributed by atoms with van der Waals surface area (Å²) < 4.78 is 16.4. The van der Waals surface area contributed by atoms with Crippen molar-refractivity contribution >= 4 is 17.5 Å². The summed E-state index contributed by atoms with van der Waals surface area (Å²) in [6.07, 6.45) is 0. The molecule has 0 unspecified atom stereocenters. The molecule has 0 atom stereocenters. The highest BCUT2D eigenvalue weighted by atomic mass is 35.5. The fraction of sp³-hybridized carbons (Fsp3) is 0.769. The Morgan fingerprint density at radius 1 is 1.14 bits per heavy atom. The first-order chi connectivity index (χ1) is 9.94. The highest BCUT2D eigenvalue weighted by Gasteiger charge is 2.16. The standard InChI is InChI=1S/C13H21ClN4O3/c1-13(2,3)21-9-8-20-12-16-10(14)15-11(17-12)18-4-6-19-7-5-18/h4-9H2,1-3H3. The average molecular weight is 317 g/mol. The third-order valence-corrected chi connectivity index (χ3v) is 2.89. The quantitative estimate of drug-likeness (QED) is 0.763. The lowest BCUT2D eigenvalue weighted by atomic mass is 10.2. The van der Waals surface area contributed by atoms with E-state index in [4.69, 9.17) is 25.8 Å². The second-order valence-corrected chi connectivity index (χ2v) is 5.93. The van der Waals surface area contributed by atoms with Crippen LogP contribution in [0, 0.1) is 0 Å². The molecule has 1 aromatic heterocycles. The molecule has 8 heteroatoms. The van der Waals surface area contributed by atoms with Gasteiger partial charge in [0, 0.05) is 13.1 Å². The van der Waals surface area contributed by atoms with Gasteiger partial charge in [-0.25, -0.2) is 0 Å². The van der Waals surface area contributed by atoms with Crippen LogP contribution in [0.25, 0.3) is 0 Å². The zero-order valence-corrected chi connectivity index (χ0v) is 13.4. The monoisotopic (exact) mass is 316 g/mol. The number of rotatable bonds is 5. The van der Waals surface area contributed by atoms with Crippen molar-refractivity contribution in [2.75, 3.05) is 44.4 Å². The van der Waals surface area contributed by atoms with E-state index in [0.29, 0.717) is 32.4 Å². The molecule has 0 aliphatic carbocycles. The van der Waals surface area contributed by atoms with E-state index in [2.05, 4.69) is 15.0 Å². The van der Waals surface area contributed by atoms with Gasteiger partial charge in [0.05, 0.1) is 25.4 Å². The van der Waals surface area contributed by atoms with Crippen molar-refractivity contribution in [2.24, 2.45) is 0 Å². The summed E-state index contributed by atoms with van der Waals surface area (Å²) in [6.45, 7) is 9.55. The summed E-state index contributed by atoms with van der Waals surface area (Å²) in [5.74, 6) is 0.519. The molecule has 2 heterocycles. The van der Waals surface area contributed by atoms with Crippen LogP contribution in [0.1, 0.15) is 20.8 Å². The first-order valence-corrected chi connectivity index (χ1v) is 7.33. The Kier molecular flexibility index (Phi) is 5.55. The number of halogens is 1. The molecular weight excluding hydrogens is 296 g/mol. The lowest BCUT2D eigenvalue weighted by Crippen LogP contribution is -2.37. The molecule has 0 radical (unpaired) electrons. The summed E-state index contributed by atoms with van der Waals surface area (Å²) in [5.41, 5.74) is -0.195. The maximum absolute atomic E-state index is 5.92. The Labute approximate surface area is 129 Å². The summed E-state index contributed by atoms with van der Waals surface area (Å²) in [6, 6.07) is 0.217. The van der Waals surface area contributed by atoms with Crippen LogP contribution in [0.3, 0.4) is 0 Å². The van der Waals surface area contributed by atoms with Gasteiger partial charge in [0.25, 0.3) is 0 Å². The third-order valence-electron chi connectivity index (χ3n) is 2.72. The molecule has 7 nitrogen and oxygen atoms in total. The lowest BCUT2D eigenvalue weighted by molar-refractivity contribution is -0.0173. The van der Waals surface area contributed by atoms with Gasteiger partial charge in [-0.1, -0.05) is 0 Å². The molecule has 0 amide bonds. The summed E-state index contributed by atoms with van der Waals surface area (Å²) in [7, 11) is 0. The smallest absolute Gasteiger partial charge is 0.322 e. The molecule has 1 aliphatic heterocycles. The number of anilines is 1. The van der Waals surface area contributed by atoms with Gasteiger partial charge in [0.15, 0.2) is 0 Å². The molecule has 2 rings (SSSR count). The van der Waals surface area contributed by atoms with E-state index in [-0.39, 0.29) is 16.9 Å². The Balaban J connectivity index is 1.92. The van der Waals surface area contributed by atoms with Gasteiger partial charge < -0.3 is 19.1 Å². The molecule has 1 aliphatic rings. The second-order valence-electron chi connectivity index (χ2n) is 5.60. The van der Waals surface area contributed by atoms with Crippen molar-refractivity contribution in [1.29, 1.82) is 0 Å². The molecule has 0 spiro atoms. The molecule has 1 aromatic rings. The van der Waals surface area contributed by atoms with Crippen molar-refractivity contribution < 1.29 is 14.2 Å². The van der Waals surface area contributed by atoms with E-state index >= 15 is 0 Å². The molecule has 0 saturated carbocycles. The van der Waals surface area contributed by atoms with Gasteiger partial charge in [-0.15, -0.1) is 0 Å². The zero-order chi connectivity index (χ0) is 15.3. The fourth-order valence-corrected chi connectivity index (χ4v) is 1.92. The van der Waals surface area contributed by atoms with Gasteiger partial charge >= 0.3 is 6.01 Å². The number of hydrogen-bond donors (Lipinski definition) is 0. The lowest BCUT2D eigenvalue weighted by Gasteiger charge is -2.26. The maximum atomic E-state index is 5.92. The van der Waals surface area contributed by atoms with Crippen molar-refractivity contribution in [3.8, 4) is 6.01 Å². The van der Waals surface area contributed by atoms with Crippen LogP contribution in [0.5, 0.6) is 6.01 Å². The van der Waals surface area contributed by atoms with Crippen molar-refractivity contribution in [3.63, 3.8) is 0 Å². The second kappa shape index (κ2) is 7.20. The average Bonchev–Trinajstić information content (AvgIpc) is 2.43. The summed E-state index contributed by atoms with van der Waals surface area (Å²) in [4.78, 5) is 14.4. The minimum atomic E-state index is -0.195. The van der Waals surface area contributed by atoms with E-state index in [1.807, 2.05) is 25.7 Å². The van der Waals surface area contributed by atoms with Crippen LogP contribution in [0.15, 0.2) is 0 Å². The Morgan fingerprint density at radius 2 is 1.86 bits per heavy atom. The largest absolute Gasteiger partial charge is 0.461 e. The predicted molar refractivity (Wildman–Crippen MR) is 79.1 cm³/mol. The number of aromatic nitrogens is 3. The SMILES string of the molecule is CC(C)(C)OCCOc1nc(Cl)nc(N2CCOCC2)n1. The number of morpholine rings is 1. The normalized spacial score (nSPS) is 16.1. The minimum absolute atomic E-state index is 0.123. The van der Waals surface area contributed by atoms with Crippen molar-refractivity contribution in [2.45, 2.75) is 26.4 Å². The summed E-state index contributed by atoms with van der Waals surface area (Å²) >= 11 is 5.92. The molecular formula is C13H21ClN4O3. The van der Waals surface area contributed by atoms with Crippen LogP contribution < -0.4 is 9.64 Å². The highest BCUT2D eigenvalue weighted by Crippen LogP contribution is 2.16. The maximum Gasteiger partial charge on any atom is 0.322 e. The first-order valence-electron chi connectivity index (χ1n) is 6.95. The van der Waals surface area contributed by atoms with Crippen LogP contribution in [0.4, 0.5) is 5.95 Å². The molecule has 0 bridgehead atoms. The van der Waals surface area contributed by atoms with E-state index in [1.165, 1.54) is 0 Å². The number of ether oxygens (including phenoxy) is 3. The van der Waals surface area contributed by atoms with E-state index in [1.54, 1.807) is 0 Å². The van der Waals surface area contributed by atoms with E-state index in [0.717, 1.165) is 13.1 Å². The van der Waals surface area contributed by atoms with Gasteiger partial charge in [0.1, 0.15) is 6.61 Å². The van der Waals surface area contributed by atoms with Crippen LogP contribution >= 0.6 is 11.6 Å². The Morgan fingerprint density at radius 3 is 2.52 bits per heavy atom. The predicted octanol–water partition coefficient (Wildman–Crippen LogP) is 1.56. The third kappa shape index (κ3) is 5.61. The van der Waals surface area contributed by atoms with Crippen molar-refractivity contribution in [3.05, 3.63) is 5.28 Å². The molecule has 1 saturated heterocycles.